The van der Waals surface area contributed by atoms with E-state index in [2.05, 4.69) is 5.32 Å². The van der Waals surface area contributed by atoms with Crippen LogP contribution in [0.3, 0.4) is 0 Å². The highest BCUT2D eigenvalue weighted by Gasteiger charge is 2.30. The molecule has 0 bridgehead atoms. The first-order valence-electron chi connectivity index (χ1n) is 6.91. The molecule has 0 aromatic carbocycles. The largest absolute Gasteiger partial charge is 0.479 e. The van der Waals surface area contributed by atoms with Crippen molar-refractivity contribution in [1.29, 1.82) is 0 Å². The van der Waals surface area contributed by atoms with Crippen molar-refractivity contribution in [2.24, 2.45) is 0 Å². The van der Waals surface area contributed by atoms with Crippen LogP contribution in [-0.4, -0.2) is 47.8 Å². The van der Waals surface area contributed by atoms with Crippen molar-refractivity contribution in [2.75, 3.05) is 13.6 Å². The van der Waals surface area contributed by atoms with Gasteiger partial charge in [-0.3, -0.25) is 0 Å². The van der Waals surface area contributed by atoms with E-state index in [0.717, 1.165) is 4.88 Å². The standard InChI is InChI=1S/C14H20N2O4S/c1-9(12-4-3-7-21-12)16(2)14(19)15-8-10-5-6-11(20-10)13(17)18/h3-4,7,9-11H,5-6,8H2,1-2H3,(H,15,19)(H,17,18). The van der Waals surface area contributed by atoms with Gasteiger partial charge in [0.05, 0.1) is 12.1 Å². The van der Waals surface area contributed by atoms with E-state index in [1.54, 1.807) is 23.3 Å². The van der Waals surface area contributed by atoms with Crippen LogP contribution in [0.5, 0.6) is 0 Å². The second kappa shape index (κ2) is 6.91. The average molecular weight is 312 g/mol. The van der Waals surface area contributed by atoms with Gasteiger partial charge in [-0.05, 0) is 31.2 Å². The van der Waals surface area contributed by atoms with E-state index in [1.165, 1.54) is 0 Å². The molecule has 21 heavy (non-hydrogen) atoms. The maximum Gasteiger partial charge on any atom is 0.332 e. The number of nitrogens with zero attached hydrogens (tertiary/aromatic N) is 1. The van der Waals surface area contributed by atoms with Gasteiger partial charge in [0.1, 0.15) is 0 Å². The summed E-state index contributed by atoms with van der Waals surface area (Å²) in [7, 11) is 1.75. The highest BCUT2D eigenvalue weighted by atomic mass is 32.1. The first-order valence-corrected chi connectivity index (χ1v) is 7.79. The summed E-state index contributed by atoms with van der Waals surface area (Å²) in [5, 5.41) is 13.6. The van der Waals surface area contributed by atoms with Gasteiger partial charge in [-0.25, -0.2) is 9.59 Å². The Labute approximate surface area is 127 Å². The number of carboxylic acids is 1. The highest BCUT2D eigenvalue weighted by Crippen LogP contribution is 2.23. The molecule has 2 N–H and O–H groups in total. The fourth-order valence-corrected chi connectivity index (χ4v) is 3.09. The lowest BCUT2D eigenvalue weighted by molar-refractivity contribution is -0.149. The number of carbonyl (C=O) groups is 2. The summed E-state index contributed by atoms with van der Waals surface area (Å²) in [5.74, 6) is -0.938. The number of hydrogen-bond acceptors (Lipinski definition) is 4. The third-order valence-corrected chi connectivity index (χ3v) is 4.76. The quantitative estimate of drug-likeness (QED) is 0.872. The molecule has 1 saturated heterocycles. The monoisotopic (exact) mass is 312 g/mol. The first-order chi connectivity index (χ1) is 9.99. The second-order valence-electron chi connectivity index (χ2n) is 5.15. The van der Waals surface area contributed by atoms with Crippen LogP contribution in [0.2, 0.25) is 0 Å². The zero-order chi connectivity index (χ0) is 15.4. The molecular weight excluding hydrogens is 292 g/mol. The number of nitrogens with one attached hydrogen (secondary N) is 1. The Morgan fingerprint density at radius 1 is 1.57 bits per heavy atom. The normalized spacial score (nSPS) is 22.8. The van der Waals surface area contributed by atoms with Crippen molar-refractivity contribution in [3.8, 4) is 0 Å². The molecule has 1 aliphatic rings. The van der Waals surface area contributed by atoms with Crippen LogP contribution in [0.25, 0.3) is 0 Å². The fourth-order valence-electron chi connectivity index (χ4n) is 2.26. The predicted octanol–water partition coefficient (Wildman–Crippen LogP) is 2.08. The third-order valence-electron chi connectivity index (χ3n) is 3.72. The van der Waals surface area contributed by atoms with Crippen molar-refractivity contribution in [1.82, 2.24) is 10.2 Å². The number of ether oxygens (including phenoxy) is 1. The van der Waals surface area contributed by atoms with Gasteiger partial charge in [-0.1, -0.05) is 6.07 Å². The van der Waals surface area contributed by atoms with E-state index < -0.39 is 12.1 Å². The van der Waals surface area contributed by atoms with E-state index in [9.17, 15) is 9.59 Å². The van der Waals surface area contributed by atoms with Crippen molar-refractivity contribution in [3.63, 3.8) is 0 Å². The van der Waals surface area contributed by atoms with Gasteiger partial charge in [0, 0.05) is 18.5 Å². The smallest absolute Gasteiger partial charge is 0.332 e. The van der Waals surface area contributed by atoms with Crippen molar-refractivity contribution in [2.45, 2.75) is 38.0 Å². The van der Waals surface area contributed by atoms with Gasteiger partial charge < -0.3 is 20.1 Å². The minimum Gasteiger partial charge on any atom is -0.479 e. The average Bonchev–Trinajstić information content (AvgIpc) is 3.13. The Balaban J connectivity index is 1.78. The first kappa shape index (κ1) is 15.8. The molecule has 1 aromatic heterocycles. The lowest BCUT2D eigenvalue weighted by Gasteiger charge is -2.25. The lowest BCUT2D eigenvalue weighted by Crippen LogP contribution is -2.42. The minimum atomic E-state index is -0.938. The molecule has 2 rings (SSSR count). The molecule has 0 saturated carbocycles. The van der Waals surface area contributed by atoms with Crippen LogP contribution >= 0.6 is 11.3 Å². The van der Waals surface area contributed by atoms with Gasteiger partial charge in [-0.2, -0.15) is 0 Å². The molecule has 0 spiro atoms. The van der Waals surface area contributed by atoms with Crippen LogP contribution < -0.4 is 5.32 Å². The number of carboxylic acid groups (broad SMARTS) is 1. The molecule has 3 atom stereocenters. The molecule has 116 valence electrons. The zero-order valence-corrected chi connectivity index (χ0v) is 12.9. The summed E-state index contributed by atoms with van der Waals surface area (Å²) in [5.41, 5.74) is 0. The number of aliphatic carboxylic acids is 1. The highest BCUT2D eigenvalue weighted by molar-refractivity contribution is 7.10. The van der Waals surface area contributed by atoms with Crippen molar-refractivity contribution < 1.29 is 19.4 Å². The number of thiophene rings is 1. The van der Waals surface area contributed by atoms with Crippen LogP contribution in [-0.2, 0) is 9.53 Å². The van der Waals surface area contributed by atoms with Crippen LogP contribution in [0.15, 0.2) is 17.5 Å². The fraction of sp³-hybridized carbons (Fsp3) is 0.571. The van der Waals surface area contributed by atoms with Gasteiger partial charge in [0.15, 0.2) is 6.10 Å². The molecule has 2 amide bonds. The van der Waals surface area contributed by atoms with Crippen LogP contribution in [0.4, 0.5) is 4.79 Å². The van der Waals surface area contributed by atoms with Crippen molar-refractivity contribution >= 4 is 23.3 Å². The third kappa shape index (κ3) is 3.95. The van der Waals surface area contributed by atoms with E-state index >= 15 is 0 Å². The Bertz CT molecular complexity index is 491. The van der Waals surface area contributed by atoms with E-state index in [0.29, 0.717) is 19.4 Å². The molecule has 2 heterocycles. The van der Waals surface area contributed by atoms with E-state index in [1.807, 2.05) is 24.4 Å². The molecular formula is C14H20N2O4S. The van der Waals surface area contributed by atoms with Gasteiger partial charge in [0.2, 0.25) is 0 Å². The van der Waals surface area contributed by atoms with Crippen molar-refractivity contribution in [3.05, 3.63) is 22.4 Å². The van der Waals surface area contributed by atoms with Gasteiger partial charge in [-0.15, -0.1) is 11.3 Å². The van der Waals surface area contributed by atoms with E-state index in [4.69, 9.17) is 9.84 Å². The minimum absolute atomic E-state index is 0.00117. The van der Waals surface area contributed by atoms with Crippen LogP contribution in [0, 0.1) is 0 Å². The molecule has 7 heteroatoms. The molecule has 3 unspecified atom stereocenters. The SMILES string of the molecule is CC(c1cccs1)N(C)C(=O)NCC1CCC(C(=O)O)O1. The molecule has 1 aliphatic heterocycles. The Morgan fingerprint density at radius 2 is 2.33 bits per heavy atom. The number of urea groups is 1. The Morgan fingerprint density at radius 3 is 2.90 bits per heavy atom. The summed E-state index contributed by atoms with van der Waals surface area (Å²) in [4.78, 5) is 25.6. The number of carbonyl (C=O) groups excluding carboxylic acids is 1. The molecule has 0 aliphatic carbocycles. The lowest BCUT2D eigenvalue weighted by atomic mass is 10.2. The summed E-state index contributed by atoms with van der Waals surface area (Å²) >= 11 is 1.61. The maximum absolute atomic E-state index is 12.1. The number of hydrogen-bond donors (Lipinski definition) is 2. The van der Waals surface area contributed by atoms with Crippen LogP contribution in [0.1, 0.15) is 30.7 Å². The Kier molecular flexibility index (Phi) is 5.19. The predicted molar refractivity (Wildman–Crippen MR) is 79.4 cm³/mol. The van der Waals surface area contributed by atoms with Gasteiger partial charge in [0.25, 0.3) is 0 Å². The summed E-state index contributed by atoms with van der Waals surface area (Å²) in [6, 6.07) is 3.77. The van der Waals surface area contributed by atoms with Gasteiger partial charge >= 0.3 is 12.0 Å². The van der Waals surface area contributed by atoms with E-state index in [-0.39, 0.29) is 18.2 Å². The molecule has 0 radical (unpaired) electrons. The number of rotatable bonds is 5. The zero-order valence-electron chi connectivity index (χ0n) is 12.1. The molecule has 6 nitrogen and oxygen atoms in total. The second-order valence-corrected chi connectivity index (χ2v) is 6.13. The topological polar surface area (TPSA) is 78.9 Å². The maximum atomic E-state index is 12.1. The summed E-state index contributed by atoms with van der Waals surface area (Å²) in [6.07, 6.45) is 0.189. The molecule has 1 aromatic rings. The summed E-state index contributed by atoms with van der Waals surface area (Å²) in [6.45, 7) is 2.31. The molecule has 1 fully saturated rings. The Hall–Kier alpha value is -1.60. The summed E-state index contributed by atoms with van der Waals surface area (Å²) < 4.78 is 5.35. The number of amides is 2.